The minimum absolute atomic E-state index is 0.138. The number of hydrazone groups is 1. The van der Waals surface area contributed by atoms with Crippen LogP contribution >= 0.6 is 0 Å². The highest BCUT2D eigenvalue weighted by atomic mass is 16.5. The van der Waals surface area contributed by atoms with Crippen LogP contribution in [0.1, 0.15) is 12.6 Å². The zero-order valence-corrected chi connectivity index (χ0v) is 15.5. The fourth-order valence-corrected chi connectivity index (χ4v) is 2.87. The lowest BCUT2D eigenvalue weighted by atomic mass is 10.2. The summed E-state index contributed by atoms with van der Waals surface area (Å²) >= 11 is 0. The van der Waals surface area contributed by atoms with Crippen molar-refractivity contribution in [3.05, 3.63) is 41.6 Å². The molecule has 2 N–H and O–H groups in total. The molecule has 138 valence electrons. The van der Waals surface area contributed by atoms with Crippen molar-refractivity contribution in [2.45, 2.75) is 6.92 Å². The predicted octanol–water partition coefficient (Wildman–Crippen LogP) is 2.10. The number of hydrogen-bond donors (Lipinski definition) is 2. The van der Waals surface area contributed by atoms with E-state index in [1.165, 1.54) is 0 Å². The normalized spacial score (nSPS) is 15.4. The number of fused-ring (bicyclic) bond motifs is 1. The number of amides is 1. The van der Waals surface area contributed by atoms with E-state index < -0.39 is 0 Å². The first-order chi connectivity index (χ1) is 12.6. The molecule has 1 amide bonds. The van der Waals surface area contributed by atoms with Gasteiger partial charge in [0, 0.05) is 24.0 Å². The van der Waals surface area contributed by atoms with Crippen LogP contribution in [0.2, 0.25) is 0 Å². The van der Waals surface area contributed by atoms with Crippen LogP contribution < -0.4 is 10.7 Å². The Morgan fingerprint density at radius 3 is 3.00 bits per heavy atom. The van der Waals surface area contributed by atoms with E-state index >= 15 is 0 Å². The lowest BCUT2D eigenvalue weighted by molar-refractivity contribution is 0.241. The molecule has 3 rings (SSSR count). The first-order valence-electron chi connectivity index (χ1n) is 8.78. The van der Waals surface area contributed by atoms with Crippen LogP contribution in [0.5, 0.6) is 0 Å². The largest absolute Gasteiger partial charge is 0.477 e. The van der Waals surface area contributed by atoms with Crippen LogP contribution in [0.3, 0.4) is 0 Å². The van der Waals surface area contributed by atoms with Gasteiger partial charge in [-0.2, -0.15) is 0 Å². The molecule has 0 radical (unpaired) electrons. The number of nitrogens with zero attached hydrogens (tertiary/aromatic N) is 3. The minimum Gasteiger partial charge on any atom is -0.477 e. The van der Waals surface area contributed by atoms with Gasteiger partial charge in [0.05, 0.1) is 24.4 Å². The summed E-state index contributed by atoms with van der Waals surface area (Å²) in [4.78, 5) is 14.9. The van der Waals surface area contributed by atoms with Crippen LogP contribution in [-0.2, 0) is 4.74 Å². The van der Waals surface area contributed by atoms with Crippen LogP contribution in [0.25, 0.3) is 17.0 Å². The van der Waals surface area contributed by atoms with E-state index in [4.69, 9.17) is 4.74 Å². The summed E-state index contributed by atoms with van der Waals surface area (Å²) in [6.07, 6.45) is 1.96. The van der Waals surface area contributed by atoms with E-state index in [1.54, 1.807) is 4.57 Å². The maximum atomic E-state index is 12.8. The van der Waals surface area contributed by atoms with Crippen molar-refractivity contribution in [1.29, 1.82) is 0 Å². The van der Waals surface area contributed by atoms with E-state index in [0.29, 0.717) is 25.6 Å². The number of likely N-dealkylation sites (N-methyl/N-ethyl adjacent to an activating group) is 1. The molecule has 7 nitrogen and oxygen atoms in total. The molecular weight excluding hydrogens is 330 g/mol. The van der Waals surface area contributed by atoms with Gasteiger partial charge in [0.15, 0.2) is 0 Å². The Hall–Kier alpha value is -2.80. The Bertz CT molecular complexity index is 851. The van der Waals surface area contributed by atoms with Gasteiger partial charge in [-0.1, -0.05) is 18.2 Å². The van der Waals surface area contributed by atoms with Crippen LogP contribution in [0, 0.1) is 0 Å². The standard InChI is InChI=1S/C19H25N5O2/c1-4-26-18-15(13-21-22-18)12-16-11-14-7-5-6-8-17(14)24(16)19(25)20-9-10-23(2)3/h5-8,11-12,21H,4,9-10,13H2,1-3H3,(H,20,25)/b15-12+. The van der Waals surface area contributed by atoms with Crippen molar-refractivity contribution in [3.8, 4) is 0 Å². The van der Waals surface area contributed by atoms with Crippen molar-refractivity contribution >= 4 is 28.9 Å². The number of hydrogen-bond acceptors (Lipinski definition) is 5. The maximum Gasteiger partial charge on any atom is 0.326 e. The summed E-state index contributed by atoms with van der Waals surface area (Å²) < 4.78 is 7.27. The second kappa shape index (κ2) is 8.05. The molecule has 1 aromatic carbocycles. The third-order valence-electron chi connectivity index (χ3n) is 4.11. The summed E-state index contributed by atoms with van der Waals surface area (Å²) in [6, 6.07) is 9.74. The number of nitrogens with one attached hydrogen (secondary N) is 2. The van der Waals surface area contributed by atoms with Crippen LogP contribution in [0.15, 0.2) is 41.0 Å². The van der Waals surface area contributed by atoms with Crippen molar-refractivity contribution in [2.24, 2.45) is 5.10 Å². The monoisotopic (exact) mass is 355 g/mol. The molecule has 0 aliphatic carbocycles. The predicted molar refractivity (Wildman–Crippen MR) is 104 cm³/mol. The summed E-state index contributed by atoms with van der Waals surface area (Å²) in [6.45, 7) is 4.42. The fourth-order valence-electron chi connectivity index (χ4n) is 2.87. The molecule has 1 aromatic heterocycles. The summed E-state index contributed by atoms with van der Waals surface area (Å²) in [5.41, 5.74) is 5.55. The third kappa shape index (κ3) is 3.88. The number of carbonyl (C=O) groups excluding carboxylic acids is 1. The molecule has 0 unspecified atom stereocenters. The highest BCUT2D eigenvalue weighted by Crippen LogP contribution is 2.22. The van der Waals surface area contributed by atoms with E-state index in [-0.39, 0.29) is 6.03 Å². The fraction of sp³-hybridized carbons (Fsp3) is 0.368. The molecule has 26 heavy (non-hydrogen) atoms. The van der Waals surface area contributed by atoms with Gasteiger partial charge in [0.25, 0.3) is 0 Å². The van der Waals surface area contributed by atoms with Crippen LogP contribution in [0.4, 0.5) is 4.79 Å². The number of carbonyl (C=O) groups is 1. The molecule has 0 fully saturated rings. The Balaban J connectivity index is 1.95. The first kappa shape index (κ1) is 18.0. The molecule has 0 saturated heterocycles. The van der Waals surface area contributed by atoms with Gasteiger partial charge >= 0.3 is 6.03 Å². The van der Waals surface area contributed by atoms with Gasteiger partial charge in [0.2, 0.25) is 5.90 Å². The third-order valence-corrected chi connectivity index (χ3v) is 4.11. The Morgan fingerprint density at radius 1 is 1.42 bits per heavy atom. The zero-order chi connectivity index (χ0) is 18.5. The maximum absolute atomic E-state index is 12.8. The highest BCUT2D eigenvalue weighted by Gasteiger charge is 2.18. The van der Waals surface area contributed by atoms with E-state index in [9.17, 15) is 4.79 Å². The molecule has 2 aromatic rings. The Labute approximate surface area is 153 Å². The molecule has 0 bridgehead atoms. The lowest BCUT2D eigenvalue weighted by Crippen LogP contribution is -2.34. The van der Waals surface area contributed by atoms with Gasteiger partial charge in [-0.25, -0.2) is 4.79 Å². The summed E-state index contributed by atoms with van der Waals surface area (Å²) in [5.74, 6) is 0.581. The molecule has 1 aliphatic heterocycles. The minimum atomic E-state index is -0.138. The molecule has 1 aliphatic rings. The second-order valence-electron chi connectivity index (χ2n) is 6.35. The number of ether oxygens (including phenoxy) is 1. The van der Waals surface area contributed by atoms with Gasteiger partial charge in [-0.15, -0.1) is 5.10 Å². The molecule has 7 heteroatoms. The van der Waals surface area contributed by atoms with Crippen molar-refractivity contribution in [3.63, 3.8) is 0 Å². The number of aromatic nitrogens is 1. The zero-order valence-electron chi connectivity index (χ0n) is 15.5. The number of para-hydroxylation sites is 1. The molecule has 0 atom stereocenters. The van der Waals surface area contributed by atoms with E-state index in [2.05, 4.69) is 15.8 Å². The first-order valence-corrected chi connectivity index (χ1v) is 8.78. The highest BCUT2D eigenvalue weighted by molar-refractivity contribution is 6.02. The quantitative estimate of drug-likeness (QED) is 0.862. The number of benzene rings is 1. The number of rotatable bonds is 5. The van der Waals surface area contributed by atoms with Gasteiger partial charge < -0.3 is 20.4 Å². The summed E-state index contributed by atoms with van der Waals surface area (Å²) in [7, 11) is 3.96. The van der Waals surface area contributed by atoms with E-state index in [1.807, 2.05) is 62.3 Å². The second-order valence-corrected chi connectivity index (χ2v) is 6.35. The SMILES string of the molecule is CCOC1=NNC/C1=C\c1cc2ccccc2n1C(=O)NCCN(C)C. The Kier molecular flexibility index (Phi) is 5.58. The van der Waals surface area contributed by atoms with Gasteiger partial charge in [-0.05, 0) is 39.2 Å². The molecule has 2 heterocycles. The summed E-state index contributed by atoms with van der Waals surface area (Å²) in [5, 5.41) is 8.16. The smallest absolute Gasteiger partial charge is 0.326 e. The molecular formula is C19H25N5O2. The van der Waals surface area contributed by atoms with Crippen molar-refractivity contribution < 1.29 is 9.53 Å². The van der Waals surface area contributed by atoms with Crippen molar-refractivity contribution in [1.82, 2.24) is 20.2 Å². The average Bonchev–Trinajstić information content (AvgIpc) is 3.19. The topological polar surface area (TPSA) is 70.9 Å². The lowest BCUT2D eigenvalue weighted by Gasteiger charge is -2.13. The van der Waals surface area contributed by atoms with Gasteiger partial charge in [-0.3, -0.25) is 4.57 Å². The molecule has 0 spiro atoms. The Morgan fingerprint density at radius 2 is 2.23 bits per heavy atom. The van der Waals surface area contributed by atoms with E-state index in [0.717, 1.165) is 28.7 Å². The van der Waals surface area contributed by atoms with Crippen molar-refractivity contribution in [2.75, 3.05) is 40.3 Å². The van der Waals surface area contributed by atoms with Gasteiger partial charge in [0.1, 0.15) is 0 Å². The average molecular weight is 355 g/mol. The van der Waals surface area contributed by atoms with Crippen LogP contribution in [-0.4, -0.2) is 61.7 Å². The molecule has 0 saturated carbocycles.